The summed E-state index contributed by atoms with van der Waals surface area (Å²) in [5.74, 6) is 0.491. The number of anilines is 1. The Balaban J connectivity index is 1.20. The summed E-state index contributed by atoms with van der Waals surface area (Å²) >= 11 is -1.32. The molecule has 0 spiro atoms. The van der Waals surface area contributed by atoms with Crippen molar-refractivity contribution in [3.63, 3.8) is 0 Å². The number of ether oxygens (including phenoxy) is 1. The molecule has 0 aliphatic carbocycles. The van der Waals surface area contributed by atoms with Gasteiger partial charge in [0.25, 0.3) is 5.19 Å². The molecule has 1 aliphatic heterocycles. The minimum atomic E-state index is -2.63. The first kappa shape index (κ1) is 23.8. The van der Waals surface area contributed by atoms with Crippen LogP contribution in [0, 0.1) is 11.7 Å². The van der Waals surface area contributed by atoms with Crippen molar-refractivity contribution in [1.82, 2.24) is 24.7 Å². The van der Waals surface area contributed by atoms with Gasteiger partial charge in [0.1, 0.15) is 11.9 Å². The van der Waals surface area contributed by atoms with E-state index < -0.39 is 16.9 Å². The van der Waals surface area contributed by atoms with Gasteiger partial charge in [0.2, 0.25) is 4.96 Å². The van der Waals surface area contributed by atoms with Gasteiger partial charge in [-0.15, -0.1) is 5.10 Å². The second-order valence-electron chi connectivity index (χ2n) is 8.84. The van der Waals surface area contributed by atoms with Gasteiger partial charge in [-0.25, -0.2) is 13.9 Å². The number of piperidine rings is 1. The van der Waals surface area contributed by atoms with Crippen LogP contribution in [-0.4, -0.2) is 52.7 Å². The summed E-state index contributed by atoms with van der Waals surface area (Å²) in [7, 11) is 0. The van der Waals surface area contributed by atoms with Crippen molar-refractivity contribution in [3.05, 3.63) is 36.0 Å². The third kappa shape index (κ3) is 4.93. The van der Waals surface area contributed by atoms with E-state index in [4.69, 9.17) is 9.26 Å². The molecule has 1 unspecified atom stereocenters. The lowest BCUT2D eigenvalue weighted by Crippen LogP contribution is -2.38. The molecule has 2 atom stereocenters. The topological polar surface area (TPSA) is 122 Å². The third-order valence-corrected chi connectivity index (χ3v) is 7.64. The molecule has 0 N–H and O–H groups in total. The molecule has 3 aromatic heterocycles. The Morgan fingerprint density at radius 3 is 2.66 bits per heavy atom. The first-order valence-electron chi connectivity index (χ1n) is 11.3. The maximum Gasteiger partial charge on any atom is 0.324 e. The summed E-state index contributed by atoms with van der Waals surface area (Å²) in [5.41, 5.74) is 0.971. The summed E-state index contributed by atoms with van der Waals surface area (Å²) in [6, 6.07) is 4.47. The van der Waals surface area contributed by atoms with Gasteiger partial charge in [0, 0.05) is 24.6 Å². The van der Waals surface area contributed by atoms with Crippen molar-refractivity contribution >= 4 is 33.4 Å². The third-order valence-electron chi connectivity index (χ3n) is 6.14. The van der Waals surface area contributed by atoms with Crippen LogP contribution in [0.2, 0.25) is 0 Å². The number of hydrogen-bond donors (Lipinski definition) is 0. The zero-order valence-electron chi connectivity index (χ0n) is 19.4. The number of nitrogens with zero attached hydrogens (tertiary/aromatic N) is 6. The van der Waals surface area contributed by atoms with Crippen LogP contribution in [0.4, 0.5) is 10.4 Å². The number of fused-ring (bicyclic) bond motifs is 1. The van der Waals surface area contributed by atoms with Crippen LogP contribution >= 0.6 is 11.3 Å². The Bertz CT molecular complexity index is 1330. The number of benzene rings is 1. The average molecular weight is 520 g/mol. The monoisotopic (exact) mass is 519 g/mol. The molecule has 186 valence electrons. The molecule has 4 heterocycles. The van der Waals surface area contributed by atoms with Crippen molar-refractivity contribution in [2.24, 2.45) is 5.92 Å². The number of halogens is 1. The first-order valence-corrected chi connectivity index (χ1v) is 13.2. The molecule has 13 heteroatoms. The predicted octanol–water partition coefficient (Wildman–Crippen LogP) is 4.03. The van der Waals surface area contributed by atoms with Gasteiger partial charge in [0.05, 0.1) is 16.8 Å². The van der Waals surface area contributed by atoms with Crippen LogP contribution in [0.15, 0.2) is 33.8 Å². The van der Waals surface area contributed by atoms with Crippen molar-refractivity contribution in [2.45, 2.75) is 50.5 Å². The molecule has 5 rings (SSSR count). The molecule has 0 bridgehead atoms. The molecule has 0 saturated carbocycles. The van der Waals surface area contributed by atoms with E-state index in [0.29, 0.717) is 33.3 Å². The highest BCUT2D eigenvalue weighted by Gasteiger charge is 2.28. The highest BCUT2D eigenvalue weighted by Crippen LogP contribution is 2.31. The normalized spacial score (nSPS) is 16.8. The van der Waals surface area contributed by atoms with E-state index in [1.54, 1.807) is 10.7 Å². The molecule has 1 saturated heterocycles. The minimum Gasteiger partial charge on any atom is -0.768 e. The molecule has 0 amide bonds. The van der Waals surface area contributed by atoms with Crippen LogP contribution in [0.25, 0.3) is 16.2 Å². The lowest BCUT2D eigenvalue weighted by molar-refractivity contribution is 0.130. The summed E-state index contributed by atoms with van der Waals surface area (Å²) < 4.78 is 49.2. The Morgan fingerprint density at radius 1 is 1.26 bits per heavy atom. The Morgan fingerprint density at radius 2 is 2.03 bits per heavy atom. The number of rotatable bonds is 7. The second kappa shape index (κ2) is 9.63. The highest BCUT2D eigenvalue weighted by atomic mass is 32.2. The molecular formula is C22H24FN6O4S2-. The van der Waals surface area contributed by atoms with Gasteiger partial charge >= 0.3 is 6.01 Å². The van der Waals surface area contributed by atoms with E-state index in [9.17, 15) is 13.2 Å². The van der Waals surface area contributed by atoms with E-state index in [0.717, 1.165) is 37.8 Å². The van der Waals surface area contributed by atoms with E-state index in [2.05, 4.69) is 25.1 Å². The van der Waals surface area contributed by atoms with E-state index in [1.807, 2.05) is 20.8 Å². The number of aromatic nitrogens is 5. The number of imidazole rings is 1. The first-order chi connectivity index (χ1) is 16.8. The highest BCUT2D eigenvalue weighted by molar-refractivity contribution is 7.79. The van der Waals surface area contributed by atoms with Crippen LogP contribution in [0.3, 0.4) is 0 Å². The van der Waals surface area contributed by atoms with Gasteiger partial charge < -0.3 is 18.7 Å². The zero-order chi connectivity index (χ0) is 24.7. The van der Waals surface area contributed by atoms with Crippen LogP contribution in [0.1, 0.15) is 45.4 Å². The molecule has 1 fully saturated rings. The van der Waals surface area contributed by atoms with Crippen molar-refractivity contribution < 1.29 is 22.4 Å². The SMILES string of the molecule is CC(C)c1noc(N2CCC([C@H](C)Oc3nn4cc(-c5ccc(S(=O)[O-])c(F)c5)nc4s3)CC2)n1. The van der Waals surface area contributed by atoms with Gasteiger partial charge in [0.15, 0.2) is 5.82 Å². The van der Waals surface area contributed by atoms with Crippen molar-refractivity contribution in [3.8, 4) is 16.5 Å². The van der Waals surface area contributed by atoms with Gasteiger partial charge in [-0.05, 0) is 60.2 Å². The van der Waals surface area contributed by atoms with Crippen LogP contribution in [0.5, 0.6) is 5.19 Å². The Hall–Kier alpha value is -2.90. The number of hydrogen-bond acceptors (Lipinski definition) is 10. The lowest BCUT2D eigenvalue weighted by atomic mass is 9.92. The quantitative estimate of drug-likeness (QED) is 0.333. The summed E-state index contributed by atoms with van der Waals surface area (Å²) in [4.78, 5) is 11.3. The van der Waals surface area contributed by atoms with Gasteiger partial charge in [-0.1, -0.05) is 25.1 Å². The van der Waals surface area contributed by atoms with E-state index in [-0.39, 0.29) is 16.9 Å². The molecular weight excluding hydrogens is 495 g/mol. The van der Waals surface area contributed by atoms with Crippen molar-refractivity contribution in [1.29, 1.82) is 0 Å². The molecule has 10 nitrogen and oxygen atoms in total. The lowest BCUT2D eigenvalue weighted by Gasteiger charge is -2.33. The van der Waals surface area contributed by atoms with Crippen molar-refractivity contribution in [2.75, 3.05) is 18.0 Å². The Kier molecular flexibility index (Phi) is 6.55. The van der Waals surface area contributed by atoms with E-state index >= 15 is 0 Å². The maximum absolute atomic E-state index is 14.0. The molecule has 4 aromatic rings. The maximum atomic E-state index is 14.0. The summed E-state index contributed by atoms with van der Waals surface area (Å²) in [6.45, 7) is 7.75. The fourth-order valence-electron chi connectivity index (χ4n) is 4.07. The molecule has 35 heavy (non-hydrogen) atoms. The second-order valence-corrected chi connectivity index (χ2v) is 10.7. The van der Waals surface area contributed by atoms with Gasteiger partial charge in [-0.3, -0.25) is 4.21 Å². The average Bonchev–Trinajstić information content (AvgIpc) is 3.54. The van der Waals surface area contributed by atoms with Crippen LogP contribution in [-0.2, 0) is 11.1 Å². The van der Waals surface area contributed by atoms with Crippen LogP contribution < -0.4 is 9.64 Å². The predicted molar refractivity (Wildman–Crippen MR) is 127 cm³/mol. The fraction of sp³-hybridized carbons (Fsp3) is 0.455. The van der Waals surface area contributed by atoms with E-state index in [1.165, 1.54) is 23.5 Å². The summed E-state index contributed by atoms with van der Waals surface area (Å²) in [5, 5.41) is 9.01. The summed E-state index contributed by atoms with van der Waals surface area (Å²) in [6.07, 6.45) is 3.50. The smallest absolute Gasteiger partial charge is 0.324 e. The molecule has 0 radical (unpaired) electrons. The Labute approximate surface area is 207 Å². The van der Waals surface area contributed by atoms with Gasteiger partial charge in [-0.2, -0.15) is 4.98 Å². The standard InChI is InChI=1S/C22H25FN6O4S2/c1-12(2)19-25-20(33-27-19)28-8-6-14(7-9-28)13(3)32-22-26-29-11-17(24-21(29)34-22)15-4-5-18(35(30)31)16(23)10-15/h4-5,10-14H,6-9H2,1-3H3,(H,30,31)/p-1/t13-/m0/s1. The largest absolute Gasteiger partial charge is 0.768 e. The molecule has 1 aromatic carbocycles. The molecule has 1 aliphatic rings. The minimum absolute atomic E-state index is 0.0315. The fourth-order valence-corrected chi connectivity index (χ4v) is 5.28. The zero-order valence-corrected chi connectivity index (χ0v) is 21.0.